The summed E-state index contributed by atoms with van der Waals surface area (Å²) in [7, 11) is 1.12. The number of carbonyl (C=O) groups is 1. The zero-order valence-electron chi connectivity index (χ0n) is 13.7. The first-order chi connectivity index (χ1) is 12.8. The molecule has 0 aliphatic rings. The molecule has 10 heteroatoms. The minimum absolute atomic E-state index is 0.1000. The quantitative estimate of drug-likeness (QED) is 0.752. The van der Waals surface area contributed by atoms with E-state index in [4.69, 9.17) is 0 Å². The van der Waals surface area contributed by atoms with E-state index in [1.54, 1.807) is 0 Å². The molecule has 0 saturated heterocycles. The molecule has 1 aromatic heterocycles. The second-order valence-corrected chi connectivity index (χ2v) is 5.46. The molecular weight excluding hydrogens is 365 g/mol. The Morgan fingerprint density at radius 2 is 1.63 bits per heavy atom. The fraction of sp³-hybridized carbons (Fsp3) is 0.0588. The summed E-state index contributed by atoms with van der Waals surface area (Å²) in [4.78, 5) is 36.8. The third-order valence-corrected chi connectivity index (χ3v) is 3.64. The average Bonchev–Trinajstić information content (AvgIpc) is 2.64. The normalized spacial score (nSPS) is 10.7. The first-order valence-electron chi connectivity index (χ1n) is 7.50. The van der Waals surface area contributed by atoms with Crippen molar-refractivity contribution in [3.63, 3.8) is 0 Å². The van der Waals surface area contributed by atoms with Crippen molar-refractivity contribution in [2.24, 2.45) is 7.05 Å². The molecule has 3 aromatic rings. The van der Waals surface area contributed by atoms with Crippen LogP contribution in [-0.4, -0.2) is 20.3 Å². The van der Waals surface area contributed by atoms with Gasteiger partial charge in [-0.25, -0.2) is 18.0 Å². The van der Waals surface area contributed by atoms with Gasteiger partial charge in [0.25, 0.3) is 11.5 Å². The van der Waals surface area contributed by atoms with Crippen molar-refractivity contribution in [2.75, 3.05) is 5.32 Å². The number of hydrogen-bond donors (Lipinski definition) is 1. The standard InChI is InChI=1S/C17H11F3N4O3/c1-23-16(26)14(15(25)21-13-8-10(19)4-7-12(13)20)22-24(17(23)27)11-5-2-9(18)3-6-11/h2-8H,1H3,(H,21,25). The lowest BCUT2D eigenvalue weighted by Gasteiger charge is -2.10. The topological polar surface area (TPSA) is 86.0 Å². The van der Waals surface area contributed by atoms with E-state index in [0.29, 0.717) is 4.57 Å². The lowest BCUT2D eigenvalue weighted by molar-refractivity contribution is 0.101. The van der Waals surface area contributed by atoms with Crippen LogP contribution in [0.4, 0.5) is 18.9 Å². The number of hydrogen-bond acceptors (Lipinski definition) is 4. The highest BCUT2D eigenvalue weighted by Gasteiger charge is 2.20. The van der Waals surface area contributed by atoms with E-state index in [1.807, 2.05) is 5.32 Å². The average molecular weight is 376 g/mol. The smallest absolute Gasteiger partial charge is 0.318 e. The summed E-state index contributed by atoms with van der Waals surface area (Å²) in [6.45, 7) is 0. The van der Waals surface area contributed by atoms with E-state index in [1.165, 1.54) is 12.1 Å². The van der Waals surface area contributed by atoms with E-state index < -0.39 is 46.0 Å². The van der Waals surface area contributed by atoms with Crippen LogP contribution in [0.2, 0.25) is 0 Å². The van der Waals surface area contributed by atoms with Crippen LogP contribution in [0.3, 0.4) is 0 Å². The summed E-state index contributed by atoms with van der Waals surface area (Å²) in [5.41, 5.74) is -3.04. The van der Waals surface area contributed by atoms with Crippen molar-refractivity contribution >= 4 is 11.6 Å². The first-order valence-corrected chi connectivity index (χ1v) is 7.50. The first kappa shape index (κ1) is 18.1. The third kappa shape index (κ3) is 3.50. The van der Waals surface area contributed by atoms with Gasteiger partial charge in [-0.1, -0.05) is 0 Å². The summed E-state index contributed by atoms with van der Waals surface area (Å²) < 4.78 is 41.3. The SMILES string of the molecule is Cn1c(=O)c(C(=O)Nc2cc(F)ccc2F)nn(-c2ccc(F)cc2)c1=O. The summed E-state index contributed by atoms with van der Waals surface area (Å²) in [6.07, 6.45) is 0. The molecule has 138 valence electrons. The van der Waals surface area contributed by atoms with Crippen molar-refractivity contribution in [3.05, 3.63) is 86.4 Å². The van der Waals surface area contributed by atoms with Crippen LogP contribution < -0.4 is 16.6 Å². The highest BCUT2D eigenvalue weighted by atomic mass is 19.1. The highest BCUT2D eigenvalue weighted by molar-refractivity contribution is 6.02. The second kappa shape index (κ2) is 6.90. The Morgan fingerprint density at radius 3 is 2.30 bits per heavy atom. The molecule has 0 atom stereocenters. The minimum atomic E-state index is -1.14. The summed E-state index contributed by atoms with van der Waals surface area (Å²) >= 11 is 0. The number of nitrogens with one attached hydrogen (secondary N) is 1. The Hall–Kier alpha value is -3.69. The van der Waals surface area contributed by atoms with Crippen LogP contribution in [0.15, 0.2) is 52.1 Å². The molecular formula is C17H11F3N4O3. The molecule has 1 amide bonds. The molecule has 7 nitrogen and oxygen atoms in total. The number of carbonyl (C=O) groups excluding carboxylic acids is 1. The lowest BCUT2D eigenvalue weighted by atomic mass is 10.3. The van der Waals surface area contributed by atoms with Crippen LogP contribution in [-0.2, 0) is 7.05 Å². The van der Waals surface area contributed by atoms with Crippen molar-refractivity contribution in [1.29, 1.82) is 0 Å². The molecule has 3 rings (SSSR count). The van der Waals surface area contributed by atoms with E-state index in [9.17, 15) is 27.6 Å². The molecule has 0 bridgehead atoms. The Kier molecular flexibility index (Phi) is 4.63. The number of rotatable bonds is 3. The van der Waals surface area contributed by atoms with Crippen molar-refractivity contribution in [3.8, 4) is 5.69 Å². The molecule has 0 aliphatic heterocycles. The Balaban J connectivity index is 2.08. The van der Waals surface area contributed by atoms with Crippen molar-refractivity contribution < 1.29 is 18.0 Å². The fourth-order valence-electron chi connectivity index (χ4n) is 2.24. The van der Waals surface area contributed by atoms with E-state index in [0.717, 1.165) is 42.1 Å². The summed E-state index contributed by atoms with van der Waals surface area (Å²) in [5, 5.41) is 5.74. The fourth-order valence-corrected chi connectivity index (χ4v) is 2.24. The van der Waals surface area contributed by atoms with Crippen LogP contribution in [0.5, 0.6) is 0 Å². The van der Waals surface area contributed by atoms with Gasteiger partial charge in [0.15, 0.2) is 0 Å². The minimum Gasteiger partial charge on any atom is -0.318 e. The molecule has 0 radical (unpaired) electrons. The van der Waals surface area contributed by atoms with Crippen LogP contribution in [0.1, 0.15) is 10.5 Å². The van der Waals surface area contributed by atoms with Gasteiger partial charge in [-0.2, -0.15) is 9.78 Å². The monoisotopic (exact) mass is 376 g/mol. The second-order valence-electron chi connectivity index (χ2n) is 5.46. The molecule has 0 spiro atoms. The predicted molar refractivity (Wildman–Crippen MR) is 89.3 cm³/mol. The maximum atomic E-state index is 13.7. The van der Waals surface area contributed by atoms with E-state index in [-0.39, 0.29) is 5.69 Å². The van der Waals surface area contributed by atoms with Gasteiger partial charge >= 0.3 is 5.69 Å². The van der Waals surface area contributed by atoms with Gasteiger partial charge in [-0.15, -0.1) is 0 Å². The number of halogens is 3. The van der Waals surface area contributed by atoms with Crippen LogP contribution >= 0.6 is 0 Å². The Bertz CT molecular complexity index is 1150. The molecule has 0 saturated carbocycles. The van der Waals surface area contributed by atoms with Gasteiger partial charge < -0.3 is 5.32 Å². The molecule has 1 heterocycles. The lowest BCUT2D eigenvalue weighted by Crippen LogP contribution is -2.43. The van der Waals surface area contributed by atoms with Crippen molar-refractivity contribution in [1.82, 2.24) is 14.3 Å². The number of amides is 1. The maximum Gasteiger partial charge on any atom is 0.351 e. The third-order valence-electron chi connectivity index (χ3n) is 3.64. The molecule has 0 fully saturated rings. The largest absolute Gasteiger partial charge is 0.351 e. The molecule has 1 N–H and O–H groups in total. The molecule has 2 aromatic carbocycles. The Labute approximate surface area is 149 Å². The van der Waals surface area contributed by atoms with Gasteiger partial charge in [0.2, 0.25) is 5.69 Å². The molecule has 0 aliphatic carbocycles. The Morgan fingerprint density at radius 1 is 1.00 bits per heavy atom. The molecule has 27 heavy (non-hydrogen) atoms. The van der Waals surface area contributed by atoms with E-state index >= 15 is 0 Å². The van der Waals surface area contributed by atoms with Crippen LogP contribution in [0.25, 0.3) is 5.69 Å². The van der Waals surface area contributed by atoms with E-state index in [2.05, 4.69) is 5.10 Å². The zero-order chi connectivity index (χ0) is 19.7. The van der Waals surface area contributed by atoms with Gasteiger partial charge in [0.1, 0.15) is 17.5 Å². The zero-order valence-corrected chi connectivity index (χ0v) is 13.7. The van der Waals surface area contributed by atoms with Crippen molar-refractivity contribution in [2.45, 2.75) is 0 Å². The number of nitrogens with zero attached hydrogens (tertiary/aromatic N) is 3. The van der Waals surface area contributed by atoms with Gasteiger partial charge in [0, 0.05) is 13.1 Å². The number of benzene rings is 2. The van der Waals surface area contributed by atoms with Gasteiger partial charge in [-0.05, 0) is 36.4 Å². The summed E-state index contributed by atoms with van der Waals surface area (Å²) in [5.74, 6) is -3.43. The van der Waals surface area contributed by atoms with Gasteiger partial charge in [-0.3, -0.25) is 14.2 Å². The highest BCUT2D eigenvalue weighted by Crippen LogP contribution is 2.15. The molecule has 0 unspecified atom stereocenters. The number of anilines is 1. The maximum absolute atomic E-state index is 13.7. The van der Waals surface area contributed by atoms with Gasteiger partial charge in [0.05, 0.1) is 11.4 Å². The summed E-state index contributed by atoms with van der Waals surface area (Å²) in [6, 6.07) is 6.97. The number of aromatic nitrogens is 3. The van der Waals surface area contributed by atoms with Crippen LogP contribution in [0, 0.1) is 17.5 Å². The predicted octanol–water partition coefficient (Wildman–Crippen LogP) is 1.60.